The van der Waals surface area contributed by atoms with E-state index >= 15 is 0 Å². The lowest BCUT2D eigenvalue weighted by atomic mass is 10.2. The maximum Gasteiger partial charge on any atom is 0.0196 e. The Labute approximate surface area is 51.1 Å². The number of hydrogen-bond donors (Lipinski definition) is 2. The molecule has 8 heavy (non-hydrogen) atoms. The first-order valence-corrected chi connectivity index (χ1v) is 3.42. The molecule has 2 N–H and O–H groups in total. The van der Waals surface area contributed by atoms with Gasteiger partial charge >= 0.3 is 0 Å². The third-order valence-electron chi connectivity index (χ3n) is 2.12. The molecule has 2 aliphatic rings. The van der Waals surface area contributed by atoms with Crippen molar-refractivity contribution in [2.75, 3.05) is 13.1 Å². The van der Waals surface area contributed by atoms with Crippen LogP contribution in [0.25, 0.3) is 0 Å². The normalized spacial score (nSPS) is 45.0. The summed E-state index contributed by atoms with van der Waals surface area (Å²) < 4.78 is 0. The van der Waals surface area contributed by atoms with Crippen LogP contribution in [0.4, 0.5) is 0 Å². The standard InChI is InChI=1S/C6H12N2.H2/c1-2-6-4-7-3-5(1)8-6;/h5-8H,1-4H2;1H. The molecule has 2 atom stereocenters. The second kappa shape index (κ2) is 1.71. The zero-order chi connectivity index (χ0) is 5.40. The molecule has 0 spiro atoms. The van der Waals surface area contributed by atoms with Gasteiger partial charge in [-0.15, -0.1) is 0 Å². The van der Waals surface area contributed by atoms with Gasteiger partial charge in [0.15, 0.2) is 0 Å². The summed E-state index contributed by atoms with van der Waals surface area (Å²) in [4.78, 5) is 0. The van der Waals surface area contributed by atoms with Gasteiger partial charge in [-0.25, -0.2) is 0 Å². The Kier molecular flexibility index (Phi) is 1.02. The lowest BCUT2D eigenvalue weighted by Gasteiger charge is -2.21. The summed E-state index contributed by atoms with van der Waals surface area (Å²) in [5, 5.41) is 6.91. The molecule has 0 amide bonds. The first-order valence-electron chi connectivity index (χ1n) is 3.42. The van der Waals surface area contributed by atoms with Crippen molar-refractivity contribution < 1.29 is 1.43 Å². The Balaban J connectivity index is 0.000000405. The Morgan fingerprint density at radius 3 is 2.25 bits per heavy atom. The monoisotopic (exact) mass is 114 g/mol. The summed E-state index contributed by atoms with van der Waals surface area (Å²) in [6.45, 7) is 2.38. The number of nitrogens with one attached hydrogen (secondary N) is 2. The summed E-state index contributed by atoms with van der Waals surface area (Å²) in [5.41, 5.74) is 0. The Morgan fingerprint density at radius 1 is 1.12 bits per heavy atom. The predicted octanol–water partition coefficient (Wildman–Crippen LogP) is -0.0438. The van der Waals surface area contributed by atoms with Gasteiger partial charge in [0.05, 0.1) is 0 Å². The molecule has 2 aliphatic heterocycles. The van der Waals surface area contributed by atoms with Crippen molar-refractivity contribution in [1.82, 2.24) is 10.6 Å². The van der Waals surface area contributed by atoms with Gasteiger partial charge in [0, 0.05) is 26.6 Å². The van der Waals surface area contributed by atoms with Crippen molar-refractivity contribution in [3.8, 4) is 0 Å². The zero-order valence-electron chi connectivity index (χ0n) is 4.98. The fourth-order valence-electron chi connectivity index (χ4n) is 1.66. The molecule has 2 nitrogen and oxygen atoms in total. The highest BCUT2D eigenvalue weighted by Gasteiger charge is 2.26. The van der Waals surface area contributed by atoms with E-state index in [0.29, 0.717) is 0 Å². The Bertz CT molecular complexity index is 83.1. The highest BCUT2D eigenvalue weighted by atomic mass is 15.1. The van der Waals surface area contributed by atoms with Crippen LogP contribution in [-0.2, 0) is 0 Å². The maximum atomic E-state index is 3.53. The average molecular weight is 114 g/mol. The third-order valence-corrected chi connectivity index (χ3v) is 2.12. The van der Waals surface area contributed by atoms with E-state index in [4.69, 9.17) is 0 Å². The van der Waals surface area contributed by atoms with E-state index in [-0.39, 0.29) is 1.43 Å². The first-order chi connectivity index (χ1) is 3.95. The van der Waals surface area contributed by atoms with Crippen molar-refractivity contribution in [1.29, 1.82) is 0 Å². The van der Waals surface area contributed by atoms with E-state index in [9.17, 15) is 0 Å². The van der Waals surface area contributed by atoms with E-state index in [1.807, 2.05) is 0 Å². The van der Waals surface area contributed by atoms with Gasteiger partial charge < -0.3 is 10.6 Å². The summed E-state index contributed by atoms with van der Waals surface area (Å²) >= 11 is 0. The minimum atomic E-state index is 0. The van der Waals surface area contributed by atoms with Crippen molar-refractivity contribution >= 4 is 0 Å². The summed E-state index contributed by atoms with van der Waals surface area (Å²) in [6.07, 6.45) is 2.77. The maximum absolute atomic E-state index is 3.53. The van der Waals surface area contributed by atoms with Gasteiger partial charge in [0.1, 0.15) is 0 Å². The molecule has 2 heterocycles. The molecule has 2 saturated heterocycles. The van der Waals surface area contributed by atoms with E-state index < -0.39 is 0 Å². The van der Waals surface area contributed by atoms with Crippen LogP contribution in [-0.4, -0.2) is 25.2 Å². The highest BCUT2D eigenvalue weighted by Crippen LogP contribution is 2.13. The molecule has 48 valence electrons. The molecule has 0 aromatic rings. The minimum absolute atomic E-state index is 0. The summed E-state index contributed by atoms with van der Waals surface area (Å²) in [6, 6.07) is 1.60. The molecule has 0 radical (unpaired) electrons. The van der Waals surface area contributed by atoms with Crippen LogP contribution in [0.3, 0.4) is 0 Å². The lowest BCUT2D eigenvalue weighted by molar-refractivity contribution is 0.423. The van der Waals surface area contributed by atoms with Crippen LogP contribution in [0.1, 0.15) is 14.3 Å². The number of piperazine rings is 1. The van der Waals surface area contributed by atoms with Crippen molar-refractivity contribution in [2.24, 2.45) is 0 Å². The van der Waals surface area contributed by atoms with Gasteiger partial charge in [-0.1, -0.05) is 0 Å². The molecule has 2 rings (SSSR count). The van der Waals surface area contributed by atoms with E-state index in [1.165, 1.54) is 25.9 Å². The molecule has 2 heteroatoms. The SMILES string of the molecule is C1CC2CNCC1N2.[HH]. The molecule has 0 aromatic carbocycles. The van der Waals surface area contributed by atoms with E-state index in [1.54, 1.807) is 0 Å². The lowest BCUT2D eigenvalue weighted by Crippen LogP contribution is -2.48. The topological polar surface area (TPSA) is 24.1 Å². The number of rotatable bonds is 0. The quantitative estimate of drug-likeness (QED) is 0.461. The Hall–Kier alpha value is -0.0800. The first kappa shape index (κ1) is 4.77. The third kappa shape index (κ3) is 0.644. The van der Waals surface area contributed by atoms with Gasteiger partial charge in [-0.2, -0.15) is 0 Å². The smallest absolute Gasteiger partial charge is 0.0196 e. The van der Waals surface area contributed by atoms with Crippen LogP contribution in [0, 0.1) is 0 Å². The molecule has 2 bridgehead atoms. The van der Waals surface area contributed by atoms with Crippen LogP contribution in [0.15, 0.2) is 0 Å². The second-order valence-electron chi connectivity index (χ2n) is 2.80. The molecular weight excluding hydrogens is 100 g/mol. The van der Waals surface area contributed by atoms with Gasteiger partial charge in [0.2, 0.25) is 0 Å². The van der Waals surface area contributed by atoms with Crippen LogP contribution in [0.2, 0.25) is 0 Å². The van der Waals surface area contributed by atoms with Gasteiger partial charge in [-0.3, -0.25) is 0 Å². The summed E-state index contributed by atoms with van der Waals surface area (Å²) in [7, 11) is 0. The molecule has 2 unspecified atom stereocenters. The minimum Gasteiger partial charge on any atom is -0.314 e. The molecule has 0 aliphatic carbocycles. The van der Waals surface area contributed by atoms with Crippen LogP contribution in [0.5, 0.6) is 0 Å². The second-order valence-corrected chi connectivity index (χ2v) is 2.80. The van der Waals surface area contributed by atoms with E-state index in [0.717, 1.165) is 12.1 Å². The number of fused-ring (bicyclic) bond motifs is 2. The Morgan fingerprint density at radius 2 is 1.75 bits per heavy atom. The zero-order valence-corrected chi connectivity index (χ0v) is 4.98. The molecule has 0 aromatic heterocycles. The van der Waals surface area contributed by atoms with Crippen LogP contribution < -0.4 is 10.6 Å². The average Bonchev–Trinajstić information content (AvgIpc) is 2.12. The number of hydrogen-bond acceptors (Lipinski definition) is 2. The fraction of sp³-hybridized carbons (Fsp3) is 1.00. The summed E-state index contributed by atoms with van der Waals surface area (Å²) in [5.74, 6) is 0. The van der Waals surface area contributed by atoms with Gasteiger partial charge in [-0.05, 0) is 12.8 Å². The molecule has 0 saturated carbocycles. The predicted molar refractivity (Wildman–Crippen MR) is 34.9 cm³/mol. The van der Waals surface area contributed by atoms with Crippen molar-refractivity contribution in [2.45, 2.75) is 24.9 Å². The molecule has 2 fully saturated rings. The largest absolute Gasteiger partial charge is 0.314 e. The van der Waals surface area contributed by atoms with Crippen molar-refractivity contribution in [3.05, 3.63) is 0 Å². The highest BCUT2D eigenvalue weighted by molar-refractivity contribution is 4.90. The van der Waals surface area contributed by atoms with Crippen LogP contribution >= 0.6 is 0 Å². The van der Waals surface area contributed by atoms with Crippen molar-refractivity contribution in [3.63, 3.8) is 0 Å². The van der Waals surface area contributed by atoms with Gasteiger partial charge in [0.25, 0.3) is 0 Å². The molecular formula is C6H14N2. The van der Waals surface area contributed by atoms with E-state index in [2.05, 4.69) is 10.6 Å². The fourth-order valence-corrected chi connectivity index (χ4v) is 1.66.